The van der Waals surface area contributed by atoms with Gasteiger partial charge in [0, 0.05) is 0 Å². The average molecular weight is 418 g/mol. The van der Waals surface area contributed by atoms with Crippen LogP contribution in [0, 0.1) is 5.82 Å². The molecule has 0 heterocycles. The fourth-order valence-corrected chi connectivity index (χ4v) is 2.10. The van der Waals surface area contributed by atoms with E-state index in [4.69, 9.17) is 18.9 Å². The van der Waals surface area contributed by atoms with E-state index in [1.165, 1.54) is 43.7 Å². The number of hydrazone groups is 1. The van der Waals surface area contributed by atoms with Gasteiger partial charge in [-0.25, -0.2) is 14.6 Å². The van der Waals surface area contributed by atoms with E-state index in [0.29, 0.717) is 11.3 Å². The summed E-state index contributed by atoms with van der Waals surface area (Å²) in [6.07, 6.45) is 0.533. The van der Waals surface area contributed by atoms with Crippen molar-refractivity contribution in [2.45, 2.75) is 26.4 Å². The molecule has 0 aliphatic heterocycles. The van der Waals surface area contributed by atoms with Crippen molar-refractivity contribution in [2.75, 3.05) is 13.7 Å². The Balaban J connectivity index is 1.89. The number of carbonyl (C=O) groups excluding carboxylic acids is 2. The predicted molar refractivity (Wildman–Crippen MR) is 107 cm³/mol. The Morgan fingerprint density at radius 1 is 1.10 bits per heavy atom. The molecule has 8 nitrogen and oxygen atoms in total. The van der Waals surface area contributed by atoms with Crippen molar-refractivity contribution in [3.05, 3.63) is 53.8 Å². The molecule has 0 atom stereocenters. The number of hydrogen-bond donors (Lipinski definition) is 1. The van der Waals surface area contributed by atoms with Crippen LogP contribution in [0.2, 0.25) is 0 Å². The van der Waals surface area contributed by atoms with Crippen LogP contribution in [0.15, 0.2) is 47.6 Å². The van der Waals surface area contributed by atoms with Crippen LogP contribution < -0.4 is 19.6 Å². The summed E-state index contributed by atoms with van der Waals surface area (Å²) < 4.78 is 33.5. The highest BCUT2D eigenvalue weighted by Crippen LogP contribution is 2.28. The Morgan fingerprint density at radius 3 is 2.43 bits per heavy atom. The first kappa shape index (κ1) is 22.7. The molecular formula is C21H23FN2O6. The van der Waals surface area contributed by atoms with E-state index in [9.17, 15) is 14.0 Å². The number of benzene rings is 2. The van der Waals surface area contributed by atoms with Gasteiger partial charge < -0.3 is 18.9 Å². The van der Waals surface area contributed by atoms with Crippen LogP contribution in [0.1, 0.15) is 26.3 Å². The summed E-state index contributed by atoms with van der Waals surface area (Å²) in [5, 5.41) is 3.83. The number of nitrogens with zero attached hydrogens (tertiary/aromatic N) is 1. The van der Waals surface area contributed by atoms with E-state index in [2.05, 4.69) is 10.5 Å². The zero-order chi connectivity index (χ0) is 22.1. The topological polar surface area (TPSA) is 95.5 Å². The van der Waals surface area contributed by atoms with Gasteiger partial charge in [0.2, 0.25) is 0 Å². The first-order valence-corrected chi connectivity index (χ1v) is 8.95. The molecule has 0 saturated heterocycles. The SMILES string of the molecule is COc1cc(C=NNC(=O)COc2ccc(F)cc2)ccc1OC(=O)OC(C)(C)C. The van der Waals surface area contributed by atoms with Crippen molar-refractivity contribution < 1.29 is 32.9 Å². The zero-order valence-electron chi connectivity index (χ0n) is 17.1. The maximum absolute atomic E-state index is 12.8. The fraction of sp³-hybridized carbons (Fsp3) is 0.286. The monoisotopic (exact) mass is 418 g/mol. The van der Waals surface area contributed by atoms with Crippen LogP contribution in [-0.2, 0) is 9.53 Å². The minimum atomic E-state index is -0.851. The molecule has 9 heteroatoms. The van der Waals surface area contributed by atoms with E-state index < -0.39 is 23.5 Å². The van der Waals surface area contributed by atoms with Gasteiger partial charge >= 0.3 is 6.16 Å². The van der Waals surface area contributed by atoms with Crippen molar-refractivity contribution in [3.8, 4) is 17.2 Å². The lowest BCUT2D eigenvalue weighted by atomic mass is 10.2. The molecule has 0 bridgehead atoms. The first-order chi connectivity index (χ1) is 14.2. The van der Waals surface area contributed by atoms with Crippen LogP contribution in [0.5, 0.6) is 17.2 Å². The van der Waals surface area contributed by atoms with Crippen molar-refractivity contribution >= 4 is 18.3 Å². The van der Waals surface area contributed by atoms with Crippen molar-refractivity contribution in [2.24, 2.45) is 5.10 Å². The third-order valence-corrected chi connectivity index (χ3v) is 3.36. The number of nitrogens with one attached hydrogen (secondary N) is 1. The molecular weight excluding hydrogens is 395 g/mol. The molecule has 0 unspecified atom stereocenters. The number of methoxy groups -OCH3 is 1. The average Bonchev–Trinajstić information content (AvgIpc) is 2.67. The third-order valence-electron chi connectivity index (χ3n) is 3.36. The molecule has 0 aliphatic carbocycles. The highest BCUT2D eigenvalue weighted by Gasteiger charge is 2.19. The molecule has 160 valence electrons. The molecule has 0 aliphatic rings. The van der Waals surface area contributed by atoms with Crippen molar-refractivity contribution in [3.63, 3.8) is 0 Å². The molecule has 0 fully saturated rings. The molecule has 1 N–H and O–H groups in total. The van der Waals surface area contributed by atoms with Gasteiger partial charge in [-0.15, -0.1) is 0 Å². The van der Waals surface area contributed by atoms with Gasteiger partial charge in [0.05, 0.1) is 13.3 Å². The predicted octanol–water partition coefficient (Wildman–Crippen LogP) is 3.68. The fourth-order valence-electron chi connectivity index (χ4n) is 2.10. The summed E-state index contributed by atoms with van der Waals surface area (Å²) in [7, 11) is 1.42. The minimum absolute atomic E-state index is 0.181. The van der Waals surface area contributed by atoms with E-state index in [1.807, 2.05) is 0 Å². The second kappa shape index (κ2) is 10.2. The Hall–Kier alpha value is -3.62. The summed E-state index contributed by atoms with van der Waals surface area (Å²) >= 11 is 0. The number of rotatable bonds is 7. The second-order valence-corrected chi connectivity index (χ2v) is 7.01. The molecule has 30 heavy (non-hydrogen) atoms. The number of ether oxygens (including phenoxy) is 4. The quantitative estimate of drug-likeness (QED) is 0.319. The lowest BCUT2D eigenvalue weighted by Crippen LogP contribution is -2.26. The lowest BCUT2D eigenvalue weighted by Gasteiger charge is -2.19. The number of hydrogen-bond acceptors (Lipinski definition) is 7. The maximum Gasteiger partial charge on any atom is 0.514 e. The zero-order valence-corrected chi connectivity index (χ0v) is 17.1. The minimum Gasteiger partial charge on any atom is -0.493 e. The molecule has 2 aromatic rings. The van der Waals surface area contributed by atoms with Gasteiger partial charge in [0.15, 0.2) is 18.1 Å². The molecule has 0 aromatic heterocycles. The van der Waals surface area contributed by atoms with Crippen LogP contribution in [0.25, 0.3) is 0 Å². The van der Waals surface area contributed by atoms with Gasteiger partial charge in [-0.2, -0.15) is 5.10 Å². The lowest BCUT2D eigenvalue weighted by molar-refractivity contribution is -0.123. The van der Waals surface area contributed by atoms with Gasteiger partial charge in [0.25, 0.3) is 5.91 Å². The maximum atomic E-state index is 12.8. The van der Waals surface area contributed by atoms with Crippen LogP contribution in [-0.4, -0.2) is 37.6 Å². The summed E-state index contributed by atoms with van der Waals surface area (Å²) in [6.45, 7) is 4.90. The van der Waals surface area contributed by atoms with Gasteiger partial charge in [-0.05, 0) is 68.8 Å². The molecule has 0 spiro atoms. The normalized spacial score (nSPS) is 11.1. The molecule has 0 saturated carbocycles. The van der Waals surface area contributed by atoms with Crippen molar-refractivity contribution in [1.29, 1.82) is 0 Å². The summed E-state index contributed by atoms with van der Waals surface area (Å²) in [6, 6.07) is 10.0. The van der Waals surface area contributed by atoms with E-state index >= 15 is 0 Å². The van der Waals surface area contributed by atoms with E-state index in [1.54, 1.807) is 32.9 Å². The number of amides is 1. The summed E-state index contributed by atoms with van der Waals surface area (Å²) in [4.78, 5) is 23.6. The largest absolute Gasteiger partial charge is 0.514 e. The second-order valence-electron chi connectivity index (χ2n) is 7.01. The van der Waals surface area contributed by atoms with E-state index in [0.717, 1.165) is 0 Å². The molecule has 2 aromatic carbocycles. The smallest absolute Gasteiger partial charge is 0.493 e. The molecule has 0 radical (unpaired) electrons. The summed E-state index contributed by atoms with van der Waals surface area (Å²) in [5.74, 6) is -0.0565. The van der Waals surface area contributed by atoms with Crippen LogP contribution >= 0.6 is 0 Å². The molecule has 2 rings (SSSR count). The van der Waals surface area contributed by atoms with Crippen LogP contribution in [0.4, 0.5) is 9.18 Å². The van der Waals surface area contributed by atoms with Gasteiger partial charge in [-0.3, -0.25) is 4.79 Å². The Bertz CT molecular complexity index is 907. The summed E-state index contributed by atoms with van der Waals surface area (Å²) in [5.41, 5.74) is 2.21. The van der Waals surface area contributed by atoms with E-state index in [-0.39, 0.29) is 18.1 Å². The van der Waals surface area contributed by atoms with Gasteiger partial charge in [0.1, 0.15) is 17.2 Å². The van der Waals surface area contributed by atoms with Crippen molar-refractivity contribution in [1.82, 2.24) is 5.43 Å². The first-order valence-electron chi connectivity index (χ1n) is 8.95. The highest BCUT2D eigenvalue weighted by atomic mass is 19.1. The Labute approximate surface area is 173 Å². The number of carbonyl (C=O) groups is 2. The number of halogens is 1. The van der Waals surface area contributed by atoms with Gasteiger partial charge in [-0.1, -0.05) is 0 Å². The van der Waals surface area contributed by atoms with Crippen LogP contribution in [0.3, 0.4) is 0 Å². The standard InChI is InChI=1S/C21H23FN2O6/c1-21(2,3)30-20(26)29-17-10-5-14(11-18(17)27-4)12-23-24-19(25)13-28-16-8-6-15(22)7-9-16/h5-12H,13H2,1-4H3,(H,24,25). The third kappa shape index (κ3) is 7.78. The Kier molecular flexibility index (Phi) is 7.74. The highest BCUT2D eigenvalue weighted by molar-refractivity contribution is 5.84. The molecule has 1 amide bonds. The Morgan fingerprint density at radius 2 is 1.80 bits per heavy atom.